The van der Waals surface area contributed by atoms with Crippen LogP contribution >= 0.6 is 0 Å². The van der Waals surface area contributed by atoms with E-state index in [1.807, 2.05) is 18.2 Å². The number of nitrogens with one attached hydrogen (secondary N) is 1. The molecule has 1 heterocycles. The minimum Gasteiger partial charge on any atom is -0.489 e. The molecule has 1 aliphatic heterocycles. The molecule has 1 aliphatic rings. The number of hydrogen-bond acceptors (Lipinski definition) is 2. The Labute approximate surface area is 127 Å². The van der Waals surface area contributed by atoms with Gasteiger partial charge >= 0.3 is 0 Å². The van der Waals surface area contributed by atoms with Gasteiger partial charge in [-0.3, -0.25) is 0 Å². The zero-order valence-electron chi connectivity index (χ0n) is 13.0. The summed E-state index contributed by atoms with van der Waals surface area (Å²) in [6, 6.07) is 16.7. The van der Waals surface area contributed by atoms with E-state index in [9.17, 15) is 0 Å². The van der Waals surface area contributed by atoms with Crippen LogP contribution in [0.3, 0.4) is 0 Å². The first-order valence-corrected chi connectivity index (χ1v) is 7.62. The Morgan fingerprint density at radius 1 is 1.14 bits per heavy atom. The largest absolute Gasteiger partial charge is 0.489 e. The SMILES string of the molecule is CC1CC(C)(C)Nc2cc(OCc3ccccc3)ccc21. The fourth-order valence-corrected chi connectivity index (χ4v) is 3.20. The van der Waals surface area contributed by atoms with E-state index in [1.54, 1.807) is 0 Å². The van der Waals surface area contributed by atoms with Crippen molar-refractivity contribution in [3.63, 3.8) is 0 Å². The fraction of sp³-hybridized carbons (Fsp3) is 0.368. The summed E-state index contributed by atoms with van der Waals surface area (Å²) in [5, 5.41) is 3.63. The second-order valence-electron chi connectivity index (χ2n) is 6.64. The molecule has 2 aromatic carbocycles. The molecule has 0 radical (unpaired) electrons. The van der Waals surface area contributed by atoms with Gasteiger partial charge in [0.15, 0.2) is 0 Å². The number of hydrogen-bond donors (Lipinski definition) is 1. The molecule has 0 spiro atoms. The highest BCUT2D eigenvalue weighted by Crippen LogP contribution is 2.40. The highest BCUT2D eigenvalue weighted by Gasteiger charge is 2.29. The topological polar surface area (TPSA) is 21.3 Å². The first-order valence-electron chi connectivity index (χ1n) is 7.62. The van der Waals surface area contributed by atoms with Crippen LogP contribution in [0.15, 0.2) is 48.5 Å². The summed E-state index contributed by atoms with van der Waals surface area (Å²) >= 11 is 0. The van der Waals surface area contributed by atoms with E-state index in [0.29, 0.717) is 12.5 Å². The second kappa shape index (κ2) is 5.44. The lowest BCUT2D eigenvalue weighted by atomic mass is 9.82. The summed E-state index contributed by atoms with van der Waals surface area (Å²) in [5.74, 6) is 1.51. The van der Waals surface area contributed by atoms with Gasteiger partial charge in [0.1, 0.15) is 12.4 Å². The van der Waals surface area contributed by atoms with Crippen LogP contribution in [0.4, 0.5) is 5.69 Å². The predicted octanol–water partition coefficient (Wildman–Crippen LogP) is 4.96. The van der Waals surface area contributed by atoms with Gasteiger partial charge in [-0.05, 0) is 43.4 Å². The molecule has 0 saturated carbocycles. The van der Waals surface area contributed by atoms with Gasteiger partial charge in [-0.15, -0.1) is 0 Å². The smallest absolute Gasteiger partial charge is 0.121 e. The second-order valence-corrected chi connectivity index (χ2v) is 6.64. The molecule has 0 saturated heterocycles. The van der Waals surface area contributed by atoms with Crippen molar-refractivity contribution >= 4 is 5.69 Å². The summed E-state index contributed by atoms with van der Waals surface area (Å²) in [6.45, 7) is 7.42. The molecule has 21 heavy (non-hydrogen) atoms. The van der Waals surface area contributed by atoms with E-state index >= 15 is 0 Å². The summed E-state index contributed by atoms with van der Waals surface area (Å²) in [7, 11) is 0. The van der Waals surface area contributed by atoms with Crippen LogP contribution in [-0.4, -0.2) is 5.54 Å². The molecule has 0 aliphatic carbocycles. The third-order valence-corrected chi connectivity index (χ3v) is 4.09. The van der Waals surface area contributed by atoms with Gasteiger partial charge < -0.3 is 10.1 Å². The maximum absolute atomic E-state index is 5.92. The molecule has 3 rings (SSSR count). The first-order chi connectivity index (χ1) is 10.0. The number of anilines is 1. The van der Waals surface area contributed by atoms with Crippen molar-refractivity contribution < 1.29 is 4.74 Å². The van der Waals surface area contributed by atoms with Gasteiger partial charge in [-0.1, -0.05) is 43.3 Å². The third kappa shape index (κ3) is 3.21. The average molecular weight is 281 g/mol. The molecule has 1 unspecified atom stereocenters. The van der Waals surface area contributed by atoms with Gasteiger partial charge in [0, 0.05) is 17.3 Å². The zero-order chi connectivity index (χ0) is 14.9. The summed E-state index contributed by atoms with van der Waals surface area (Å²) in [5.41, 5.74) is 3.94. The minimum atomic E-state index is 0.143. The molecule has 0 fully saturated rings. The molecule has 0 amide bonds. The minimum absolute atomic E-state index is 0.143. The van der Waals surface area contributed by atoms with Crippen molar-refractivity contribution in [2.75, 3.05) is 5.32 Å². The van der Waals surface area contributed by atoms with Crippen LogP contribution in [-0.2, 0) is 6.61 Å². The molecular formula is C19H23NO. The molecule has 2 heteroatoms. The summed E-state index contributed by atoms with van der Waals surface area (Å²) in [6.07, 6.45) is 1.16. The number of fused-ring (bicyclic) bond motifs is 1. The standard InChI is InChI=1S/C19H23NO/c1-14-12-19(2,3)20-18-11-16(9-10-17(14)18)21-13-15-7-5-4-6-8-15/h4-11,14,20H,12-13H2,1-3H3. The average Bonchev–Trinajstić information content (AvgIpc) is 2.44. The Morgan fingerprint density at radius 3 is 2.67 bits per heavy atom. The monoisotopic (exact) mass is 281 g/mol. The maximum atomic E-state index is 5.92. The molecule has 110 valence electrons. The Hall–Kier alpha value is -1.96. The summed E-state index contributed by atoms with van der Waals surface area (Å²) < 4.78 is 5.92. The molecular weight excluding hydrogens is 258 g/mol. The van der Waals surface area contributed by atoms with Crippen LogP contribution in [0.2, 0.25) is 0 Å². The van der Waals surface area contributed by atoms with Gasteiger partial charge in [0.25, 0.3) is 0 Å². The van der Waals surface area contributed by atoms with Gasteiger partial charge in [0.05, 0.1) is 0 Å². The van der Waals surface area contributed by atoms with Crippen LogP contribution in [0.5, 0.6) is 5.75 Å². The van der Waals surface area contributed by atoms with Gasteiger partial charge in [-0.25, -0.2) is 0 Å². The van der Waals surface area contributed by atoms with Crippen molar-refractivity contribution in [1.29, 1.82) is 0 Å². The highest BCUT2D eigenvalue weighted by molar-refractivity contribution is 5.60. The van der Waals surface area contributed by atoms with Gasteiger partial charge in [0.2, 0.25) is 0 Å². The molecule has 0 aromatic heterocycles. The Kier molecular flexibility index (Phi) is 3.62. The lowest BCUT2D eigenvalue weighted by Crippen LogP contribution is -2.36. The molecule has 0 bridgehead atoms. The van der Waals surface area contributed by atoms with E-state index in [0.717, 1.165) is 12.2 Å². The molecule has 1 N–H and O–H groups in total. The Bertz CT molecular complexity index is 619. The van der Waals surface area contributed by atoms with Crippen molar-refractivity contribution in [2.24, 2.45) is 0 Å². The lowest BCUT2D eigenvalue weighted by molar-refractivity contribution is 0.306. The maximum Gasteiger partial charge on any atom is 0.121 e. The van der Waals surface area contributed by atoms with E-state index in [2.05, 4.69) is 56.4 Å². The van der Waals surface area contributed by atoms with Crippen LogP contribution < -0.4 is 10.1 Å². The van der Waals surface area contributed by atoms with Crippen molar-refractivity contribution in [3.05, 3.63) is 59.7 Å². The number of benzene rings is 2. The fourth-order valence-electron chi connectivity index (χ4n) is 3.20. The Morgan fingerprint density at radius 2 is 1.90 bits per heavy atom. The van der Waals surface area contributed by atoms with Gasteiger partial charge in [-0.2, -0.15) is 0 Å². The van der Waals surface area contributed by atoms with E-state index in [-0.39, 0.29) is 5.54 Å². The predicted molar refractivity (Wildman–Crippen MR) is 87.9 cm³/mol. The van der Waals surface area contributed by atoms with Crippen molar-refractivity contribution in [3.8, 4) is 5.75 Å². The van der Waals surface area contributed by atoms with E-state index < -0.39 is 0 Å². The van der Waals surface area contributed by atoms with Crippen LogP contribution in [0.1, 0.15) is 44.2 Å². The normalized spacial score (nSPS) is 19.5. The van der Waals surface area contributed by atoms with Crippen LogP contribution in [0.25, 0.3) is 0 Å². The quantitative estimate of drug-likeness (QED) is 0.858. The number of ether oxygens (including phenoxy) is 1. The van der Waals surface area contributed by atoms with Crippen LogP contribution in [0, 0.1) is 0 Å². The zero-order valence-corrected chi connectivity index (χ0v) is 13.0. The first kappa shape index (κ1) is 14.0. The molecule has 1 atom stereocenters. The molecule has 2 aromatic rings. The van der Waals surface area contributed by atoms with Crippen molar-refractivity contribution in [1.82, 2.24) is 0 Å². The third-order valence-electron chi connectivity index (χ3n) is 4.09. The Balaban J connectivity index is 1.77. The lowest BCUT2D eigenvalue weighted by Gasteiger charge is -2.37. The highest BCUT2D eigenvalue weighted by atomic mass is 16.5. The van der Waals surface area contributed by atoms with Crippen molar-refractivity contribution in [2.45, 2.75) is 45.3 Å². The van der Waals surface area contributed by atoms with E-state index in [4.69, 9.17) is 4.74 Å². The summed E-state index contributed by atoms with van der Waals surface area (Å²) in [4.78, 5) is 0. The van der Waals surface area contributed by atoms with E-state index in [1.165, 1.54) is 16.8 Å². The molecule has 2 nitrogen and oxygen atoms in total. The number of rotatable bonds is 3.